The summed E-state index contributed by atoms with van der Waals surface area (Å²) in [6.07, 6.45) is 4.57. The molecule has 1 N–H and O–H groups in total. The van der Waals surface area contributed by atoms with Crippen molar-refractivity contribution in [1.82, 2.24) is 34.2 Å². The van der Waals surface area contributed by atoms with Gasteiger partial charge in [0.25, 0.3) is 11.5 Å². The smallest absolute Gasteiger partial charge is 0.276 e. The van der Waals surface area contributed by atoms with Gasteiger partial charge in [-0.3, -0.25) is 19.5 Å². The van der Waals surface area contributed by atoms with Crippen LogP contribution in [-0.4, -0.2) is 78.5 Å². The number of nitrogens with one attached hydrogen (secondary N) is 1. The number of hydrogen-bond acceptors (Lipinski definition) is 5. The van der Waals surface area contributed by atoms with E-state index < -0.39 is 6.17 Å². The molecule has 0 spiro atoms. The number of aromatic amines is 1. The second-order valence-electron chi connectivity index (χ2n) is 8.08. The molecule has 0 aromatic carbocycles. The Hall–Kier alpha value is -3.01. The lowest BCUT2D eigenvalue weighted by Crippen LogP contribution is -2.43. The number of carbonyl (C=O) groups is 1. The molecule has 0 aliphatic carbocycles. The van der Waals surface area contributed by atoms with Crippen molar-refractivity contribution in [3.05, 3.63) is 46.1 Å². The molecular weight excluding hydrogens is 389 g/mol. The lowest BCUT2D eigenvalue weighted by Gasteiger charge is -2.33. The van der Waals surface area contributed by atoms with Crippen LogP contribution in [0.15, 0.2) is 29.3 Å². The van der Waals surface area contributed by atoms with Crippen molar-refractivity contribution in [2.45, 2.75) is 38.4 Å². The highest BCUT2D eigenvalue weighted by Crippen LogP contribution is 2.23. The number of rotatable bonds is 3. The summed E-state index contributed by atoms with van der Waals surface area (Å²) in [4.78, 5) is 32.2. The van der Waals surface area contributed by atoms with Gasteiger partial charge in [0.15, 0.2) is 0 Å². The maximum atomic E-state index is 13.4. The number of H-pyrrole nitrogens is 1. The molecule has 10 heteroatoms. The number of carbonyl (C=O) groups excluding carboxylic acids is 1. The van der Waals surface area contributed by atoms with Crippen LogP contribution in [0.4, 0.5) is 4.39 Å². The Morgan fingerprint density at radius 3 is 2.83 bits per heavy atom. The number of likely N-dealkylation sites (tertiary alicyclic amines) is 2. The van der Waals surface area contributed by atoms with E-state index in [4.69, 9.17) is 0 Å². The van der Waals surface area contributed by atoms with Crippen LogP contribution in [-0.2, 0) is 0 Å². The van der Waals surface area contributed by atoms with E-state index in [1.165, 1.54) is 15.4 Å². The number of amides is 1. The van der Waals surface area contributed by atoms with Crippen LogP contribution in [0.2, 0.25) is 0 Å². The van der Waals surface area contributed by atoms with Gasteiger partial charge in [-0.1, -0.05) is 0 Å². The summed E-state index contributed by atoms with van der Waals surface area (Å²) in [5.74, 6) is 0.180. The molecule has 158 valence electrons. The van der Waals surface area contributed by atoms with Crippen molar-refractivity contribution in [3.63, 3.8) is 0 Å². The van der Waals surface area contributed by atoms with Crippen molar-refractivity contribution in [1.29, 1.82) is 0 Å². The summed E-state index contributed by atoms with van der Waals surface area (Å²) in [5, 5.41) is 8.68. The normalized spacial score (nSPS) is 21.0. The highest BCUT2D eigenvalue weighted by Gasteiger charge is 2.34. The minimum absolute atomic E-state index is 0.0778. The third-order valence-corrected chi connectivity index (χ3v) is 6.26. The monoisotopic (exact) mass is 413 g/mol. The van der Waals surface area contributed by atoms with E-state index in [1.807, 2.05) is 4.90 Å². The van der Waals surface area contributed by atoms with E-state index in [0.29, 0.717) is 42.7 Å². The summed E-state index contributed by atoms with van der Waals surface area (Å²) in [6, 6.07) is 3.71. The van der Waals surface area contributed by atoms with E-state index in [0.717, 1.165) is 19.5 Å². The molecule has 2 aliphatic heterocycles. The standard InChI is InChI=1S/C20H24FN7O2/c1-13-16(11-22-28(13)20-23-18(29)17-3-2-7-27(17)24-20)19(30)26-10-6-15(12-26)25-8-4-14(21)5-9-25/h2-3,7,11,14-15H,4-6,8-10,12H2,1H3,(H,23,24,29). The van der Waals surface area contributed by atoms with E-state index in [2.05, 4.69) is 20.1 Å². The first-order valence-electron chi connectivity index (χ1n) is 10.3. The molecule has 2 fully saturated rings. The number of fused-ring (bicyclic) bond motifs is 1. The van der Waals surface area contributed by atoms with Crippen LogP contribution in [0.5, 0.6) is 0 Å². The van der Waals surface area contributed by atoms with Gasteiger partial charge in [-0.25, -0.2) is 13.6 Å². The molecule has 5 rings (SSSR count). The van der Waals surface area contributed by atoms with Crippen LogP contribution in [0.25, 0.3) is 11.5 Å². The number of nitrogens with zero attached hydrogens (tertiary/aromatic N) is 6. The molecule has 1 atom stereocenters. The minimum atomic E-state index is -0.695. The van der Waals surface area contributed by atoms with Gasteiger partial charge < -0.3 is 4.90 Å². The van der Waals surface area contributed by atoms with E-state index in [1.54, 1.807) is 25.3 Å². The van der Waals surface area contributed by atoms with Gasteiger partial charge in [0.1, 0.15) is 11.7 Å². The van der Waals surface area contributed by atoms with Gasteiger partial charge in [0.05, 0.1) is 17.5 Å². The highest BCUT2D eigenvalue weighted by atomic mass is 19.1. The van der Waals surface area contributed by atoms with E-state index in [-0.39, 0.29) is 23.5 Å². The third kappa shape index (κ3) is 3.20. The molecule has 2 saturated heterocycles. The van der Waals surface area contributed by atoms with E-state index in [9.17, 15) is 14.0 Å². The Morgan fingerprint density at radius 1 is 1.23 bits per heavy atom. The van der Waals surface area contributed by atoms with Crippen LogP contribution in [0, 0.1) is 6.92 Å². The SMILES string of the molecule is Cc1c(C(=O)N2CCC(N3CCC(F)CC3)C2)cnn1-c1nn2cccc2c(=O)[nH]1. The van der Waals surface area contributed by atoms with Crippen molar-refractivity contribution in [2.75, 3.05) is 26.2 Å². The van der Waals surface area contributed by atoms with Crippen LogP contribution < -0.4 is 5.56 Å². The van der Waals surface area contributed by atoms with E-state index >= 15 is 0 Å². The number of piperidine rings is 1. The molecule has 3 aromatic heterocycles. The minimum Gasteiger partial charge on any atom is -0.337 e. The first-order chi connectivity index (χ1) is 14.5. The zero-order valence-corrected chi connectivity index (χ0v) is 16.8. The Labute approximate surface area is 172 Å². The molecular formula is C20H24FN7O2. The summed E-state index contributed by atoms with van der Waals surface area (Å²) < 4.78 is 16.4. The highest BCUT2D eigenvalue weighted by molar-refractivity contribution is 5.95. The maximum Gasteiger partial charge on any atom is 0.276 e. The summed E-state index contributed by atoms with van der Waals surface area (Å²) in [6.45, 7) is 4.62. The second-order valence-corrected chi connectivity index (χ2v) is 8.08. The first kappa shape index (κ1) is 19.0. The Kier molecular flexibility index (Phi) is 4.65. The summed E-state index contributed by atoms with van der Waals surface area (Å²) in [5.41, 5.74) is 1.29. The quantitative estimate of drug-likeness (QED) is 0.696. The average Bonchev–Trinajstić information content (AvgIpc) is 3.47. The fourth-order valence-electron chi connectivity index (χ4n) is 4.49. The molecule has 1 amide bonds. The second kappa shape index (κ2) is 7.35. The topological polar surface area (TPSA) is 91.5 Å². The largest absolute Gasteiger partial charge is 0.337 e. The van der Waals surface area contributed by atoms with Gasteiger partial charge >= 0.3 is 0 Å². The fraction of sp³-hybridized carbons (Fsp3) is 0.500. The van der Waals surface area contributed by atoms with Crippen LogP contribution in [0.1, 0.15) is 35.3 Å². The van der Waals surface area contributed by atoms with Gasteiger partial charge in [0, 0.05) is 38.4 Å². The van der Waals surface area contributed by atoms with Gasteiger partial charge in [-0.15, -0.1) is 5.10 Å². The van der Waals surface area contributed by atoms with Crippen molar-refractivity contribution >= 4 is 11.4 Å². The first-order valence-corrected chi connectivity index (χ1v) is 10.3. The Bertz CT molecular complexity index is 1140. The molecule has 0 bridgehead atoms. The van der Waals surface area contributed by atoms with Gasteiger partial charge in [-0.05, 0) is 38.3 Å². The molecule has 0 radical (unpaired) electrons. The average molecular weight is 413 g/mol. The van der Waals surface area contributed by atoms with Crippen molar-refractivity contribution in [2.24, 2.45) is 0 Å². The third-order valence-electron chi connectivity index (χ3n) is 6.26. The van der Waals surface area contributed by atoms with Crippen molar-refractivity contribution < 1.29 is 9.18 Å². The summed E-state index contributed by atoms with van der Waals surface area (Å²) in [7, 11) is 0. The lowest BCUT2D eigenvalue weighted by molar-refractivity contribution is 0.0754. The summed E-state index contributed by atoms with van der Waals surface area (Å²) >= 11 is 0. The molecule has 1 unspecified atom stereocenters. The fourth-order valence-corrected chi connectivity index (χ4v) is 4.49. The zero-order valence-electron chi connectivity index (χ0n) is 16.8. The number of alkyl halides is 1. The van der Waals surface area contributed by atoms with Crippen LogP contribution >= 0.6 is 0 Å². The predicted molar refractivity (Wildman–Crippen MR) is 108 cm³/mol. The van der Waals surface area contributed by atoms with Crippen molar-refractivity contribution in [3.8, 4) is 5.95 Å². The van der Waals surface area contributed by atoms with Crippen LogP contribution in [0.3, 0.4) is 0 Å². The molecule has 2 aliphatic rings. The zero-order chi connectivity index (χ0) is 20.8. The van der Waals surface area contributed by atoms with Gasteiger partial charge in [0.2, 0.25) is 5.95 Å². The van der Waals surface area contributed by atoms with Gasteiger partial charge in [-0.2, -0.15) is 5.10 Å². The molecule has 0 saturated carbocycles. The number of aromatic nitrogens is 5. The number of hydrogen-bond donors (Lipinski definition) is 1. The Balaban J connectivity index is 1.35. The Morgan fingerprint density at radius 2 is 2.03 bits per heavy atom. The number of halogens is 1. The maximum absolute atomic E-state index is 13.4. The predicted octanol–water partition coefficient (Wildman–Crippen LogP) is 1.17. The molecule has 3 aromatic rings. The lowest BCUT2D eigenvalue weighted by atomic mass is 10.1. The molecule has 5 heterocycles. The molecule has 30 heavy (non-hydrogen) atoms. The molecule has 9 nitrogen and oxygen atoms in total.